The van der Waals surface area contributed by atoms with Gasteiger partial charge in [-0.2, -0.15) is 0 Å². The lowest BCUT2D eigenvalue weighted by molar-refractivity contribution is -0.121. The SMILES string of the molecule is Cc1cccc(OCC(=O)c2ccc3c(c2)N(Cc2ccc(C(=O)N[C@H](C)c4ccccc4)o2)C(=O)CO3)c1. The topological polar surface area (TPSA) is 98.1 Å². The smallest absolute Gasteiger partial charge is 0.287 e. The van der Waals surface area contributed by atoms with E-state index < -0.39 is 0 Å². The van der Waals surface area contributed by atoms with Crippen molar-refractivity contribution < 1.29 is 28.3 Å². The number of carbonyl (C=O) groups is 3. The first-order chi connectivity index (χ1) is 18.9. The van der Waals surface area contributed by atoms with Crippen LogP contribution in [0, 0.1) is 6.92 Å². The van der Waals surface area contributed by atoms with Crippen molar-refractivity contribution in [2.75, 3.05) is 18.1 Å². The second-order valence-electron chi connectivity index (χ2n) is 9.35. The van der Waals surface area contributed by atoms with E-state index in [0.717, 1.165) is 11.1 Å². The number of benzene rings is 3. The van der Waals surface area contributed by atoms with Crippen LogP contribution >= 0.6 is 0 Å². The highest BCUT2D eigenvalue weighted by molar-refractivity contribution is 6.02. The summed E-state index contributed by atoms with van der Waals surface area (Å²) in [7, 11) is 0. The van der Waals surface area contributed by atoms with Crippen LogP contribution in [0.2, 0.25) is 0 Å². The Balaban J connectivity index is 1.28. The number of aryl methyl sites for hydroxylation is 1. The lowest BCUT2D eigenvalue weighted by Gasteiger charge is -2.29. The number of hydrogen-bond acceptors (Lipinski definition) is 6. The van der Waals surface area contributed by atoms with Gasteiger partial charge in [-0.15, -0.1) is 0 Å². The Bertz CT molecular complexity index is 1510. The van der Waals surface area contributed by atoms with Crippen LogP contribution in [0.25, 0.3) is 0 Å². The number of carbonyl (C=O) groups excluding carboxylic acids is 3. The highest BCUT2D eigenvalue weighted by atomic mass is 16.5. The molecule has 0 saturated heterocycles. The van der Waals surface area contributed by atoms with Crippen LogP contribution in [-0.4, -0.2) is 30.8 Å². The Morgan fingerprint density at radius 3 is 2.62 bits per heavy atom. The summed E-state index contributed by atoms with van der Waals surface area (Å²) in [5, 5.41) is 2.92. The van der Waals surface area contributed by atoms with E-state index in [-0.39, 0.29) is 49.2 Å². The number of hydrogen-bond donors (Lipinski definition) is 1. The second kappa shape index (κ2) is 11.3. The Morgan fingerprint density at radius 1 is 1.00 bits per heavy atom. The number of nitrogens with zero attached hydrogens (tertiary/aromatic N) is 1. The van der Waals surface area contributed by atoms with Gasteiger partial charge in [0.15, 0.2) is 24.8 Å². The Morgan fingerprint density at radius 2 is 1.82 bits per heavy atom. The Labute approximate surface area is 226 Å². The third-order valence-corrected chi connectivity index (χ3v) is 6.43. The summed E-state index contributed by atoms with van der Waals surface area (Å²) in [6.07, 6.45) is 0. The zero-order valence-electron chi connectivity index (χ0n) is 21.7. The van der Waals surface area contributed by atoms with Crippen LogP contribution in [0.3, 0.4) is 0 Å². The molecule has 1 aliphatic rings. The van der Waals surface area contributed by atoms with Gasteiger partial charge in [0.05, 0.1) is 18.3 Å². The maximum Gasteiger partial charge on any atom is 0.287 e. The fourth-order valence-corrected chi connectivity index (χ4v) is 4.32. The summed E-state index contributed by atoms with van der Waals surface area (Å²) in [5.41, 5.74) is 2.85. The van der Waals surface area contributed by atoms with Crippen molar-refractivity contribution >= 4 is 23.3 Å². The average molecular weight is 525 g/mol. The van der Waals surface area contributed by atoms with Crippen LogP contribution in [0.5, 0.6) is 11.5 Å². The predicted octanol–water partition coefficient (Wildman–Crippen LogP) is 5.27. The van der Waals surface area contributed by atoms with Gasteiger partial charge >= 0.3 is 0 Å². The fourth-order valence-electron chi connectivity index (χ4n) is 4.32. The molecule has 0 spiro atoms. The van der Waals surface area contributed by atoms with Crippen molar-refractivity contribution in [1.29, 1.82) is 0 Å². The molecule has 0 aliphatic carbocycles. The third kappa shape index (κ3) is 6.01. The summed E-state index contributed by atoms with van der Waals surface area (Å²) in [6.45, 7) is 3.64. The molecule has 1 atom stereocenters. The molecule has 0 saturated carbocycles. The number of nitrogens with one attached hydrogen (secondary N) is 1. The number of amides is 2. The van der Waals surface area contributed by atoms with Crippen LogP contribution in [0.1, 0.15) is 50.8 Å². The molecule has 0 bridgehead atoms. The largest absolute Gasteiger partial charge is 0.485 e. The highest BCUT2D eigenvalue weighted by Gasteiger charge is 2.28. The van der Waals surface area contributed by atoms with E-state index in [0.29, 0.717) is 28.5 Å². The fraction of sp³-hybridized carbons (Fsp3) is 0.194. The minimum Gasteiger partial charge on any atom is -0.485 e. The van der Waals surface area contributed by atoms with Crippen molar-refractivity contribution in [1.82, 2.24) is 5.32 Å². The molecule has 0 unspecified atom stereocenters. The zero-order chi connectivity index (χ0) is 27.4. The van der Waals surface area contributed by atoms with Gasteiger partial charge in [-0.05, 0) is 67.4 Å². The number of Topliss-reactive ketones (excluding diaryl/α,β-unsaturated/α-hetero) is 1. The predicted molar refractivity (Wildman–Crippen MR) is 145 cm³/mol. The molecule has 8 heteroatoms. The number of fused-ring (bicyclic) bond motifs is 1. The van der Waals surface area contributed by atoms with Crippen LogP contribution < -0.4 is 19.7 Å². The number of ketones is 1. The molecule has 0 radical (unpaired) electrons. The van der Waals surface area contributed by atoms with E-state index in [4.69, 9.17) is 13.9 Å². The molecule has 39 heavy (non-hydrogen) atoms. The van der Waals surface area contributed by atoms with Crippen molar-refractivity contribution in [3.8, 4) is 11.5 Å². The third-order valence-electron chi connectivity index (χ3n) is 6.43. The minimum atomic E-state index is -0.354. The van der Waals surface area contributed by atoms with Crippen LogP contribution in [-0.2, 0) is 11.3 Å². The van der Waals surface area contributed by atoms with Crippen molar-refractivity contribution in [2.45, 2.75) is 26.4 Å². The van der Waals surface area contributed by atoms with Crippen LogP contribution in [0.15, 0.2) is 89.3 Å². The Hall–Kier alpha value is -4.85. The molecule has 1 N–H and O–H groups in total. The molecule has 2 heterocycles. The van der Waals surface area contributed by atoms with Crippen LogP contribution in [0.4, 0.5) is 5.69 Å². The van der Waals surface area contributed by atoms with Gasteiger partial charge < -0.3 is 19.2 Å². The number of rotatable bonds is 9. The number of ether oxygens (including phenoxy) is 2. The van der Waals surface area contributed by atoms with Crippen molar-refractivity contribution in [3.05, 3.63) is 113 Å². The lowest BCUT2D eigenvalue weighted by Crippen LogP contribution is -2.38. The summed E-state index contributed by atoms with van der Waals surface area (Å²) < 4.78 is 17.0. The standard InChI is InChI=1S/C31H28N2O6/c1-20-7-6-10-24(15-20)37-18-27(34)23-11-13-28-26(16-23)33(30(35)19-38-28)17-25-12-14-29(39-25)31(36)32-21(2)22-8-4-3-5-9-22/h3-16,21H,17-19H2,1-2H3,(H,32,36)/t21-/m1/s1. The van der Waals surface area contributed by atoms with Gasteiger partial charge in [0.2, 0.25) is 0 Å². The number of anilines is 1. The molecular formula is C31H28N2O6. The molecule has 3 aromatic carbocycles. The van der Waals surface area contributed by atoms with E-state index in [9.17, 15) is 14.4 Å². The van der Waals surface area contributed by atoms with Gasteiger partial charge in [0.1, 0.15) is 17.3 Å². The van der Waals surface area contributed by atoms with E-state index in [2.05, 4.69) is 5.32 Å². The van der Waals surface area contributed by atoms with Gasteiger partial charge in [0.25, 0.3) is 11.8 Å². The Kier molecular flexibility index (Phi) is 7.45. The average Bonchev–Trinajstić information content (AvgIpc) is 3.42. The maximum absolute atomic E-state index is 12.9. The van der Waals surface area contributed by atoms with Gasteiger partial charge in [-0.1, -0.05) is 42.5 Å². The quantitative estimate of drug-likeness (QED) is 0.300. The monoisotopic (exact) mass is 524 g/mol. The first kappa shape index (κ1) is 25.8. The molecule has 5 rings (SSSR count). The summed E-state index contributed by atoms with van der Waals surface area (Å²) in [4.78, 5) is 39.9. The first-order valence-electron chi connectivity index (χ1n) is 12.6. The highest BCUT2D eigenvalue weighted by Crippen LogP contribution is 2.34. The summed E-state index contributed by atoms with van der Waals surface area (Å²) in [5.74, 6) is 0.779. The first-order valence-corrected chi connectivity index (χ1v) is 12.6. The van der Waals surface area contributed by atoms with E-state index >= 15 is 0 Å². The van der Waals surface area contributed by atoms with Gasteiger partial charge in [-0.25, -0.2) is 0 Å². The molecule has 1 aromatic heterocycles. The molecular weight excluding hydrogens is 496 g/mol. The summed E-state index contributed by atoms with van der Waals surface area (Å²) in [6, 6.07) is 25.1. The van der Waals surface area contributed by atoms with Crippen molar-refractivity contribution in [3.63, 3.8) is 0 Å². The van der Waals surface area contributed by atoms with E-state index in [1.807, 2.05) is 62.4 Å². The maximum atomic E-state index is 12.9. The molecule has 198 valence electrons. The van der Waals surface area contributed by atoms with E-state index in [1.165, 1.54) is 4.90 Å². The minimum absolute atomic E-state index is 0.0775. The zero-order valence-corrected chi connectivity index (χ0v) is 21.7. The molecule has 8 nitrogen and oxygen atoms in total. The van der Waals surface area contributed by atoms with Gasteiger partial charge in [0, 0.05) is 5.56 Å². The molecule has 4 aromatic rings. The second-order valence-corrected chi connectivity index (χ2v) is 9.35. The van der Waals surface area contributed by atoms with Gasteiger partial charge in [-0.3, -0.25) is 19.3 Å². The molecule has 2 amide bonds. The van der Waals surface area contributed by atoms with Crippen molar-refractivity contribution in [2.24, 2.45) is 0 Å². The molecule has 0 fully saturated rings. The molecule has 1 aliphatic heterocycles. The summed E-state index contributed by atoms with van der Waals surface area (Å²) >= 11 is 0. The lowest BCUT2D eigenvalue weighted by atomic mass is 10.1. The van der Waals surface area contributed by atoms with E-state index in [1.54, 1.807) is 36.4 Å². The number of furan rings is 1. The normalized spacial score (nSPS) is 13.3.